The Morgan fingerprint density at radius 3 is 2.75 bits per heavy atom. The highest BCUT2D eigenvalue weighted by Crippen LogP contribution is 2.38. The topological polar surface area (TPSA) is 79.5 Å². The third-order valence-corrected chi connectivity index (χ3v) is 7.85. The van der Waals surface area contributed by atoms with Crippen LogP contribution in [0.15, 0.2) is 0 Å². The molecule has 0 unspecified atom stereocenters. The number of anilines is 1. The van der Waals surface area contributed by atoms with E-state index in [0.29, 0.717) is 17.1 Å². The standard InChI is InChI=1S/C20H25N3O3S2/c1-11-14(12-7-8-21-10-16(12)27-11)9-22-20(25)23-18-17(19(24)26-2)13-5-3-4-6-15(13)28-18/h21H,3-10H2,1-2H3,(H2,22,23,25). The van der Waals surface area contributed by atoms with Gasteiger partial charge in [0, 0.05) is 27.7 Å². The third kappa shape index (κ3) is 3.68. The molecule has 4 rings (SSSR count). The van der Waals surface area contributed by atoms with Gasteiger partial charge in [-0.1, -0.05) is 0 Å². The number of amides is 2. The molecule has 2 amide bonds. The van der Waals surface area contributed by atoms with Gasteiger partial charge in [0.05, 0.1) is 12.7 Å². The Morgan fingerprint density at radius 2 is 1.93 bits per heavy atom. The van der Waals surface area contributed by atoms with E-state index < -0.39 is 0 Å². The van der Waals surface area contributed by atoms with E-state index in [2.05, 4.69) is 22.9 Å². The van der Waals surface area contributed by atoms with Gasteiger partial charge >= 0.3 is 12.0 Å². The van der Waals surface area contributed by atoms with Crippen LogP contribution >= 0.6 is 22.7 Å². The second kappa shape index (κ2) is 8.23. The van der Waals surface area contributed by atoms with Crippen molar-refractivity contribution < 1.29 is 14.3 Å². The van der Waals surface area contributed by atoms with Gasteiger partial charge < -0.3 is 15.4 Å². The third-order valence-electron chi connectivity index (χ3n) is 5.45. The lowest BCUT2D eigenvalue weighted by atomic mass is 9.95. The molecule has 0 radical (unpaired) electrons. The van der Waals surface area contributed by atoms with Crippen molar-refractivity contribution in [2.45, 2.75) is 52.1 Å². The molecule has 0 saturated carbocycles. The number of hydrogen-bond donors (Lipinski definition) is 3. The summed E-state index contributed by atoms with van der Waals surface area (Å²) in [5, 5.41) is 9.88. The minimum absolute atomic E-state index is 0.281. The van der Waals surface area contributed by atoms with Gasteiger partial charge in [-0.3, -0.25) is 5.32 Å². The molecular weight excluding hydrogens is 394 g/mol. The van der Waals surface area contributed by atoms with Crippen LogP contribution in [0.2, 0.25) is 0 Å². The number of ether oxygens (including phenoxy) is 1. The maximum atomic E-state index is 12.6. The number of aryl methyl sites for hydroxylation is 2. The average molecular weight is 420 g/mol. The summed E-state index contributed by atoms with van der Waals surface area (Å²) < 4.78 is 4.97. The number of nitrogens with one attached hydrogen (secondary N) is 3. The van der Waals surface area contributed by atoms with Crippen LogP contribution in [0, 0.1) is 6.92 Å². The smallest absolute Gasteiger partial charge is 0.341 e. The number of carbonyl (C=O) groups is 2. The summed E-state index contributed by atoms with van der Waals surface area (Å²) in [7, 11) is 1.39. The molecule has 1 aliphatic heterocycles. The van der Waals surface area contributed by atoms with Gasteiger partial charge in [-0.15, -0.1) is 22.7 Å². The summed E-state index contributed by atoms with van der Waals surface area (Å²) >= 11 is 3.31. The molecule has 8 heteroatoms. The molecule has 2 aliphatic rings. The number of urea groups is 1. The average Bonchev–Trinajstić information content (AvgIpc) is 3.22. The summed E-state index contributed by atoms with van der Waals surface area (Å²) in [6.07, 6.45) is 5.02. The van der Waals surface area contributed by atoms with E-state index >= 15 is 0 Å². The molecule has 3 heterocycles. The number of hydrogen-bond acceptors (Lipinski definition) is 6. The Hall–Kier alpha value is -1.90. The predicted molar refractivity (Wildman–Crippen MR) is 113 cm³/mol. The van der Waals surface area contributed by atoms with Crippen molar-refractivity contribution >= 4 is 39.7 Å². The number of fused-ring (bicyclic) bond motifs is 2. The lowest BCUT2D eigenvalue weighted by molar-refractivity contribution is 0.0601. The Labute approximate surface area is 172 Å². The zero-order valence-corrected chi connectivity index (χ0v) is 17.8. The van der Waals surface area contributed by atoms with Gasteiger partial charge in [0.15, 0.2) is 0 Å². The van der Waals surface area contributed by atoms with E-state index in [1.54, 1.807) is 11.3 Å². The van der Waals surface area contributed by atoms with Gasteiger partial charge in [-0.25, -0.2) is 9.59 Å². The number of methoxy groups -OCH3 is 1. The SMILES string of the molecule is COC(=O)c1c(NC(=O)NCc2c(C)sc3c2CCNC3)sc2c1CCCC2. The molecule has 28 heavy (non-hydrogen) atoms. The van der Waals surface area contributed by atoms with Crippen LogP contribution in [0.3, 0.4) is 0 Å². The molecule has 0 atom stereocenters. The van der Waals surface area contributed by atoms with Crippen molar-refractivity contribution in [2.24, 2.45) is 0 Å². The van der Waals surface area contributed by atoms with Crippen molar-refractivity contribution in [3.63, 3.8) is 0 Å². The van der Waals surface area contributed by atoms with Gasteiger partial charge in [-0.05, 0) is 62.3 Å². The molecule has 6 nitrogen and oxygen atoms in total. The minimum Gasteiger partial charge on any atom is -0.465 e. The summed E-state index contributed by atoms with van der Waals surface area (Å²) in [6, 6.07) is -0.281. The molecule has 2 aromatic heterocycles. The van der Waals surface area contributed by atoms with Crippen LogP contribution in [0.4, 0.5) is 9.80 Å². The zero-order valence-electron chi connectivity index (χ0n) is 16.2. The largest absolute Gasteiger partial charge is 0.465 e. The second-order valence-electron chi connectivity index (χ2n) is 7.18. The molecule has 0 aromatic carbocycles. The first kappa shape index (κ1) is 19.4. The Kier molecular flexibility index (Phi) is 5.70. The molecule has 2 aromatic rings. The first-order valence-corrected chi connectivity index (χ1v) is 11.3. The minimum atomic E-state index is -0.370. The Balaban J connectivity index is 1.48. The highest BCUT2D eigenvalue weighted by atomic mass is 32.1. The van der Waals surface area contributed by atoms with E-state index in [1.807, 2.05) is 0 Å². The normalized spacial score (nSPS) is 15.5. The molecule has 0 bridgehead atoms. The predicted octanol–water partition coefficient (Wildman–Crippen LogP) is 3.75. The number of carbonyl (C=O) groups excluding carboxylic acids is 2. The van der Waals surface area contributed by atoms with Crippen molar-refractivity contribution in [1.29, 1.82) is 0 Å². The van der Waals surface area contributed by atoms with Crippen molar-refractivity contribution in [2.75, 3.05) is 19.0 Å². The molecule has 150 valence electrons. The van der Waals surface area contributed by atoms with Crippen molar-refractivity contribution in [1.82, 2.24) is 10.6 Å². The maximum absolute atomic E-state index is 12.6. The van der Waals surface area contributed by atoms with Crippen LogP contribution in [-0.2, 0) is 37.1 Å². The summed E-state index contributed by atoms with van der Waals surface area (Å²) in [6.45, 7) is 4.50. The van der Waals surface area contributed by atoms with E-state index in [4.69, 9.17) is 4.74 Å². The van der Waals surface area contributed by atoms with Crippen molar-refractivity contribution in [3.05, 3.63) is 36.9 Å². The lowest BCUT2D eigenvalue weighted by Gasteiger charge is -2.15. The highest BCUT2D eigenvalue weighted by molar-refractivity contribution is 7.17. The Bertz CT molecular complexity index is 916. The summed E-state index contributed by atoms with van der Waals surface area (Å²) in [5.74, 6) is -0.370. The monoisotopic (exact) mass is 419 g/mol. The van der Waals surface area contributed by atoms with Crippen LogP contribution in [-0.4, -0.2) is 25.7 Å². The second-order valence-corrected chi connectivity index (χ2v) is 9.59. The van der Waals surface area contributed by atoms with E-state index in [0.717, 1.165) is 50.8 Å². The molecule has 0 fully saturated rings. The lowest BCUT2D eigenvalue weighted by Crippen LogP contribution is -2.30. The van der Waals surface area contributed by atoms with Crippen LogP contribution in [0.25, 0.3) is 0 Å². The molecule has 0 saturated heterocycles. The number of thiophene rings is 2. The van der Waals surface area contributed by atoms with E-state index in [9.17, 15) is 9.59 Å². The number of rotatable bonds is 4. The van der Waals surface area contributed by atoms with E-state index in [1.165, 1.54) is 44.2 Å². The molecular formula is C20H25N3O3S2. The van der Waals surface area contributed by atoms with E-state index in [-0.39, 0.29) is 12.0 Å². The van der Waals surface area contributed by atoms with Crippen LogP contribution in [0.1, 0.15) is 54.5 Å². The zero-order chi connectivity index (χ0) is 19.7. The Morgan fingerprint density at radius 1 is 1.11 bits per heavy atom. The van der Waals surface area contributed by atoms with Gasteiger partial charge in [0.25, 0.3) is 0 Å². The van der Waals surface area contributed by atoms with Crippen LogP contribution in [0.5, 0.6) is 0 Å². The van der Waals surface area contributed by atoms with Crippen molar-refractivity contribution in [3.8, 4) is 0 Å². The molecule has 1 aliphatic carbocycles. The fourth-order valence-corrected chi connectivity index (χ4v) is 6.54. The fourth-order valence-electron chi connectivity index (χ4n) is 4.06. The number of esters is 1. The van der Waals surface area contributed by atoms with Gasteiger partial charge in [0.1, 0.15) is 5.00 Å². The highest BCUT2D eigenvalue weighted by Gasteiger charge is 2.27. The van der Waals surface area contributed by atoms with Crippen LogP contribution < -0.4 is 16.0 Å². The quantitative estimate of drug-likeness (QED) is 0.660. The first-order chi connectivity index (χ1) is 13.6. The molecule has 0 spiro atoms. The maximum Gasteiger partial charge on any atom is 0.341 e. The molecule has 3 N–H and O–H groups in total. The van der Waals surface area contributed by atoms with Gasteiger partial charge in [0.2, 0.25) is 0 Å². The summed E-state index contributed by atoms with van der Waals surface area (Å²) in [4.78, 5) is 28.7. The first-order valence-electron chi connectivity index (χ1n) is 9.67. The van der Waals surface area contributed by atoms with Gasteiger partial charge in [-0.2, -0.15) is 0 Å². The summed E-state index contributed by atoms with van der Waals surface area (Å²) in [5.41, 5.74) is 4.19. The fraction of sp³-hybridized carbons (Fsp3) is 0.500.